The molecule has 0 aliphatic heterocycles. The second kappa shape index (κ2) is 5.61. The van der Waals surface area contributed by atoms with Gasteiger partial charge in [-0.15, -0.1) is 0 Å². The zero-order valence-electron chi connectivity index (χ0n) is 11.6. The number of rotatable bonds is 5. The van der Waals surface area contributed by atoms with Crippen molar-refractivity contribution in [1.29, 1.82) is 0 Å². The van der Waals surface area contributed by atoms with Crippen molar-refractivity contribution in [3.63, 3.8) is 0 Å². The number of sulfone groups is 1. The first-order valence-electron chi connectivity index (χ1n) is 6.12. The third-order valence-electron chi connectivity index (χ3n) is 3.01. The Kier molecular flexibility index (Phi) is 4.04. The zero-order chi connectivity index (χ0) is 15.6. The maximum atomic E-state index is 11.7. The van der Waals surface area contributed by atoms with Gasteiger partial charge in [0.05, 0.1) is 23.0 Å². The summed E-state index contributed by atoms with van der Waals surface area (Å²) in [5.41, 5.74) is 1.64. The maximum absolute atomic E-state index is 11.7. The van der Waals surface area contributed by atoms with Crippen LogP contribution in [0.5, 0.6) is 0 Å². The summed E-state index contributed by atoms with van der Waals surface area (Å²) in [5, 5.41) is 12.2. The monoisotopic (exact) mass is 309 g/mol. The van der Waals surface area contributed by atoms with E-state index in [1.165, 1.54) is 18.4 Å². The molecular formula is C14H15NO5S. The van der Waals surface area contributed by atoms with Gasteiger partial charge in [0, 0.05) is 24.1 Å². The fraction of sp³-hybridized carbons (Fsp3) is 0.214. The lowest BCUT2D eigenvalue weighted by Crippen LogP contribution is -2.10. The van der Waals surface area contributed by atoms with E-state index in [1.807, 2.05) is 0 Å². The van der Waals surface area contributed by atoms with Crippen LogP contribution in [0.25, 0.3) is 0 Å². The molecular weight excluding hydrogens is 294 g/mol. The van der Waals surface area contributed by atoms with Gasteiger partial charge < -0.3 is 14.8 Å². The molecule has 1 aromatic carbocycles. The lowest BCUT2D eigenvalue weighted by molar-refractivity contribution is 0.0697. The Balaban J connectivity index is 2.41. The Morgan fingerprint density at radius 1 is 1.38 bits per heavy atom. The summed E-state index contributed by atoms with van der Waals surface area (Å²) in [5.74, 6) is -1.19. The number of carbonyl (C=O) groups is 1. The first-order chi connectivity index (χ1) is 9.79. The van der Waals surface area contributed by atoms with Gasteiger partial charge in [-0.2, -0.15) is 0 Å². The number of carboxylic acids is 1. The van der Waals surface area contributed by atoms with Crippen LogP contribution in [0.4, 0.5) is 5.69 Å². The summed E-state index contributed by atoms with van der Waals surface area (Å²) in [6, 6.07) is 4.47. The molecule has 0 bridgehead atoms. The van der Waals surface area contributed by atoms with Gasteiger partial charge in [-0.1, -0.05) is 0 Å². The molecule has 2 aromatic rings. The highest BCUT2D eigenvalue weighted by atomic mass is 32.2. The van der Waals surface area contributed by atoms with Gasteiger partial charge in [-0.05, 0) is 30.7 Å². The topological polar surface area (TPSA) is 96.6 Å². The number of hydrogen-bond acceptors (Lipinski definition) is 5. The van der Waals surface area contributed by atoms with Gasteiger partial charge in [0.15, 0.2) is 9.84 Å². The third kappa shape index (κ3) is 3.43. The second-order valence-electron chi connectivity index (χ2n) is 4.73. The van der Waals surface area contributed by atoms with Crippen LogP contribution in [-0.4, -0.2) is 25.7 Å². The molecule has 0 saturated heterocycles. The molecule has 0 aliphatic rings. The molecule has 1 heterocycles. The van der Waals surface area contributed by atoms with E-state index < -0.39 is 15.8 Å². The molecule has 0 amide bonds. The Morgan fingerprint density at radius 2 is 2.10 bits per heavy atom. The Labute approximate surface area is 122 Å². The summed E-state index contributed by atoms with van der Waals surface area (Å²) in [6.07, 6.45) is 4.12. The predicted molar refractivity (Wildman–Crippen MR) is 77.3 cm³/mol. The van der Waals surface area contributed by atoms with Crippen LogP contribution < -0.4 is 5.32 Å². The summed E-state index contributed by atoms with van der Waals surface area (Å²) in [6.45, 7) is 2.01. The van der Waals surface area contributed by atoms with Crippen molar-refractivity contribution in [3.8, 4) is 0 Å². The van der Waals surface area contributed by atoms with E-state index in [2.05, 4.69) is 5.32 Å². The van der Waals surface area contributed by atoms with Crippen LogP contribution in [0.1, 0.15) is 21.5 Å². The molecule has 6 nitrogen and oxygen atoms in total. The maximum Gasteiger partial charge on any atom is 0.337 e. The summed E-state index contributed by atoms with van der Waals surface area (Å²) in [7, 11) is -3.47. The van der Waals surface area contributed by atoms with Crippen molar-refractivity contribution in [1.82, 2.24) is 0 Å². The van der Waals surface area contributed by atoms with E-state index >= 15 is 0 Å². The zero-order valence-corrected chi connectivity index (χ0v) is 12.4. The lowest BCUT2D eigenvalue weighted by atomic mass is 10.1. The minimum absolute atomic E-state index is 0.0220. The number of benzene rings is 1. The molecule has 2 N–H and O–H groups in total. The van der Waals surface area contributed by atoms with Crippen molar-refractivity contribution in [3.05, 3.63) is 47.4 Å². The normalized spacial score (nSPS) is 11.3. The smallest absolute Gasteiger partial charge is 0.337 e. The van der Waals surface area contributed by atoms with E-state index in [4.69, 9.17) is 4.42 Å². The number of nitrogens with one attached hydrogen (secondary N) is 1. The van der Waals surface area contributed by atoms with Crippen molar-refractivity contribution in [2.75, 3.05) is 11.6 Å². The van der Waals surface area contributed by atoms with Gasteiger partial charge in [0.2, 0.25) is 0 Å². The number of carboxylic acid groups (broad SMARTS) is 1. The molecule has 7 heteroatoms. The van der Waals surface area contributed by atoms with Crippen LogP contribution in [0, 0.1) is 6.92 Å². The molecule has 1 aromatic heterocycles. The SMILES string of the molecule is Cc1cc(NCc2ccoc2)c(C(=O)O)cc1S(C)(=O)=O. The van der Waals surface area contributed by atoms with Gasteiger partial charge in [0.1, 0.15) is 0 Å². The molecule has 0 unspecified atom stereocenters. The molecule has 2 rings (SSSR count). The van der Waals surface area contributed by atoms with Crippen LogP contribution in [-0.2, 0) is 16.4 Å². The molecule has 0 atom stereocenters. The minimum atomic E-state index is -3.47. The quantitative estimate of drug-likeness (QED) is 0.879. The lowest BCUT2D eigenvalue weighted by Gasteiger charge is -2.12. The predicted octanol–water partition coefficient (Wildman–Crippen LogP) is 2.30. The van der Waals surface area contributed by atoms with Gasteiger partial charge in [0.25, 0.3) is 0 Å². The number of aryl methyl sites for hydroxylation is 1. The third-order valence-corrected chi connectivity index (χ3v) is 4.25. The number of aromatic carboxylic acids is 1. The first kappa shape index (κ1) is 15.1. The fourth-order valence-corrected chi connectivity index (χ4v) is 2.98. The summed E-state index contributed by atoms with van der Waals surface area (Å²) >= 11 is 0. The molecule has 0 radical (unpaired) electrons. The van der Waals surface area contributed by atoms with Crippen LogP contribution >= 0.6 is 0 Å². The van der Waals surface area contributed by atoms with Crippen molar-refractivity contribution in [2.45, 2.75) is 18.4 Å². The molecule has 112 valence electrons. The molecule has 21 heavy (non-hydrogen) atoms. The van der Waals surface area contributed by atoms with E-state index in [0.717, 1.165) is 11.8 Å². The number of hydrogen-bond donors (Lipinski definition) is 2. The van der Waals surface area contributed by atoms with Crippen LogP contribution in [0.2, 0.25) is 0 Å². The van der Waals surface area contributed by atoms with E-state index in [9.17, 15) is 18.3 Å². The van der Waals surface area contributed by atoms with Crippen molar-refractivity contribution >= 4 is 21.5 Å². The summed E-state index contributed by atoms with van der Waals surface area (Å²) < 4.78 is 28.2. The molecule has 0 saturated carbocycles. The van der Waals surface area contributed by atoms with Crippen LogP contribution in [0.3, 0.4) is 0 Å². The van der Waals surface area contributed by atoms with Crippen LogP contribution in [0.15, 0.2) is 40.0 Å². The van der Waals surface area contributed by atoms with Gasteiger partial charge in [-0.25, -0.2) is 13.2 Å². The molecule has 0 spiro atoms. The Hall–Kier alpha value is -2.28. The highest BCUT2D eigenvalue weighted by Gasteiger charge is 2.18. The number of furan rings is 1. The highest BCUT2D eigenvalue weighted by molar-refractivity contribution is 7.90. The largest absolute Gasteiger partial charge is 0.478 e. The number of anilines is 1. The van der Waals surface area contributed by atoms with Crippen molar-refractivity contribution < 1.29 is 22.7 Å². The van der Waals surface area contributed by atoms with E-state index in [-0.39, 0.29) is 10.5 Å². The standard InChI is InChI=1S/C14H15NO5S/c1-9-5-12(15-7-10-3-4-20-8-10)11(14(16)17)6-13(9)21(2,18)19/h3-6,8,15H,7H2,1-2H3,(H,16,17). The Bertz CT molecular complexity index is 763. The van der Waals surface area contributed by atoms with Crippen molar-refractivity contribution in [2.24, 2.45) is 0 Å². The average molecular weight is 309 g/mol. The second-order valence-corrected chi connectivity index (χ2v) is 6.71. The summed E-state index contributed by atoms with van der Waals surface area (Å²) in [4.78, 5) is 11.3. The van der Waals surface area contributed by atoms with Gasteiger partial charge >= 0.3 is 5.97 Å². The Morgan fingerprint density at radius 3 is 2.62 bits per heavy atom. The average Bonchev–Trinajstić information content (AvgIpc) is 2.87. The minimum Gasteiger partial charge on any atom is -0.478 e. The van der Waals surface area contributed by atoms with E-state index in [0.29, 0.717) is 17.8 Å². The van der Waals surface area contributed by atoms with E-state index in [1.54, 1.807) is 19.3 Å². The first-order valence-corrected chi connectivity index (χ1v) is 8.01. The molecule has 0 aliphatic carbocycles. The van der Waals surface area contributed by atoms with Gasteiger partial charge in [-0.3, -0.25) is 0 Å². The molecule has 0 fully saturated rings. The highest BCUT2D eigenvalue weighted by Crippen LogP contribution is 2.25. The fourth-order valence-electron chi connectivity index (χ4n) is 2.00.